The fourth-order valence-corrected chi connectivity index (χ4v) is 5.39. The molecule has 1 saturated carbocycles. The van der Waals surface area contributed by atoms with Gasteiger partial charge in [0.05, 0.1) is 24.1 Å². The third-order valence-corrected chi connectivity index (χ3v) is 7.58. The van der Waals surface area contributed by atoms with Gasteiger partial charge in [-0.2, -0.15) is 0 Å². The van der Waals surface area contributed by atoms with Gasteiger partial charge in [-0.15, -0.1) is 0 Å². The van der Waals surface area contributed by atoms with E-state index in [4.69, 9.17) is 0 Å². The number of aromatic amines is 1. The number of carbonyl (C=O) groups is 1. The first-order valence-electron chi connectivity index (χ1n) is 10.2. The van der Waals surface area contributed by atoms with Crippen molar-refractivity contribution in [2.45, 2.75) is 44.6 Å². The highest BCUT2D eigenvalue weighted by molar-refractivity contribution is 7.88. The van der Waals surface area contributed by atoms with Crippen LogP contribution < -0.4 is 5.56 Å². The van der Waals surface area contributed by atoms with Crippen molar-refractivity contribution in [3.8, 4) is 0 Å². The number of nitrogens with one attached hydrogen (secondary N) is 1. The Morgan fingerprint density at radius 3 is 2.76 bits per heavy atom. The van der Waals surface area contributed by atoms with Gasteiger partial charge in [0.15, 0.2) is 5.65 Å². The van der Waals surface area contributed by atoms with Crippen LogP contribution in [0.1, 0.15) is 48.6 Å². The molecule has 10 heteroatoms. The smallest absolute Gasteiger partial charge is 0.277 e. The third-order valence-electron chi connectivity index (χ3n) is 6.31. The van der Waals surface area contributed by atoms with Crippen LogP contribution in [-0.2, 0) is 27.8 Å². The molecule has 2 fully saturated rings. The van der Waals surface area contributed by atoms with Crippen molar-refractivity contribution in [3.63, 3.8) is 0 Å². The summed E-state index contributed by atoms with van der Waals surface area (Å²) in [6.45, 7) is 1.87. The summed E-state index contributed by atoms with van der Waals surface area (Å²) in [5.41, 5.74) is 2.57. The average molecular weight is 420 g/mol. The van der Waals surface area contributed by atoms with Crippen LogP contribution in [0.5, 0.6) is 0 Å². The molecule has 9 nitrogen and oxygen atoms in total. The highest BCUT2D eigenvalue weighted by Gasteiger charge is 2.36. The average Bonchev–Trinajstić information content (AvgIpc) is 3.46. The van der Waals surface area contributed by atoms with Crippen molar-refractivity contribution in [1.82, 2.24) is 23.8 Å². The van der Waals surface area contributed by atoms with Gasteiger partial charge in [-0.1, -0.05) is 0 Å². The quantitative estimate of drug-likeness (QED) is 0.778. The fraction of sp³-hybridized carbons (Fsp3) is 0.632. The predicted octanol–water partition coefficient (Wildman–Crippen LogP) is 0.456. The molecule has 0 unspecified atom stereocenters. The van der Waals surface area contributed by atoms with E-state index in [-0.39, 0.29) is 23.3 Å². The van der Waals surface area contributed by atoms with E-state index in [0.717, 1.165) is 37.1 Å². The van der Waals surface area contributed by atoms with Crippen LogP contribution >= 0.6 is 0 Å². The van der Waals surface area contributed by atoms with Gasteiger partial charge in [-0.25, -0.2) is 22.2 Å². The number of carbonyl (C=O) groups excluding carboxylic acids is 1. The monoisotopic (exact) mass is 419 g/mol. The van der Waals surface area contributed by atoms with Crippen molar-refractivity contribution in [1.29, 1.82) is 0 Å². The summed E-state index contributed by atoms with van der Waals surface area (Å²) in [4.78, 5) is 32.0. The Kier molecular flexibility index (Phi) is 4.32. The SMILES string of the molecule is CS(=O)(=O)N1CCC[C@H](c2cc3nc4c(c(=O)n3[nH]2)CN(C(=O)C2CC2)CC4)C1. The van der Waals surface area contributed by atoms with Gasteiger partial charge in [-0.05, 0) is 25.7 Å². The summed E-state index contributed by atoms with van der Waals surface area (Å²) in [5, 5.41) is 3.15. The lowest BCUT2D eigenvalue weighted by Gasteiger charge is -2.30. The molecule has 5 rings (SSSR count). The Labute approximate surface area is 168 Å². The maximum absolute atomic E-state index is 13.1. The molecule has 1 saturated heterocycles. The number of rotatable bonds is 3. The molecule has 0 bridgehead atoms. The normalized spacial score (nSPS) is 23.3. The minimum atomic E-state index is -3.24. The largest absolute Gasteiger partial charge is 0.337 e. The molecule has 0 spiro atoms. The number of nitrogens with zero attached hydrogens (tertiary/aromatic N) is 4. The Balaban J connectivity index is 1.46. The van der Waals surface area contributed by atoms with Crippen molar-refractivity contribution in [2.75, 3.05) is 25.9 Å². The number of piperidine rings is 1. The van der Waals surface area contributed by atoms with Gasteiger partial charge in [0, 0.05) is 49.7 Å². The second kappa shape index (κ2) is 6.66. The van der Waals surface area contributed by atoms with Crippen LogP contribution in [-0.4, -0.2) is 64.0 Å². The minimum Gasteiger partial charge on any atom is -0.337 e. The van der Waals surface area contributed by atoms with Gasteiger partial charge in [0.2, 0.25) is 15.9 Å². The zero-order valence-electron chi connectivity index (χ0n) is 16.4. The Bertz CT molecular complexity index is 1150. The number of hydrogen-bond donors (Lipinski definition) is 1. The number of sulfonamides is 1. The fourth-order valence-electron chi connectivity index (χ4n) is 4.48. The number of fused-ring (bicyclic) bond motifs is 2. The Morgan fingerprint density at radius 2 is 2.03 bits per heavy atom. The van der Waals surface area contributed by atoms with E-state index in [1.807, 2.05) is 6.07 Å². The molecular formula is C19H25N5O4S. The van der Waals surface area contributed by atoms with E-state index >= 15 is 0 Å². The third kappa shape index (κ3) is 3.38. The molecule has 3 aliphatic rings. The molecular weight excluding hydrogens is 394 g/mol. The van der Waals surface area contributed by atoms with Crippen LogP contribution in [0.15, 0.2) is 10.9 Å². The summed E-state index contributed by atoms with van der Waals surface area (Å²) in [6.07, 6.45) is 5.36. The summed E-state index contributed by atoms with van der Waals surface area (Å²) in [5.74, 6) is 0.289. The predicted molar refractivity (Wildman–Crippen MR) is 106 cm³/mol. The molecule has 0 aromatic carbocycles. The second-order valence-electron chi connectivity index (χ2n) is 8.49. The van der Waals surface area contributed by atoms with Crippen molar-refractivity contribution >= 4 is 21.6 Å². The number of hydrogen-bond acceptors (Lipinski definition) is 5. The van der Waals surface area contributed by atoms with Crippen LogP contribution in [0, 0.1) is 5.92 Å². The van der Waals surface area contributed by atoms with Crippen molar-refractivity contribution < 1.29 is 13.2 Å². The Hall–Kier alpha value is -2.20. The first kappa shape index (κ1) is 18.8. The first-order chi connectivity index (χ1) is 13.8. The molecule has 2 aliphatic heterocycles. The summed E-state index contributed by atoms with van der Waals surface area (Å²) in [7, 11) is -3.24. The van der Waals surface area contributed by atoms with E-state index < -0.39 is 10.0 Å². The molecule has 1 N–H and O–H groups in total. The van der Waals surface area contributed by atoms with Crippen LogP contribution in [0.3, 0.4) is 0 Å². The zero-order chi connectivity index (χ0) is 20.3. The van der Waals surface area contributed by atoms with E-state index in [2.05, 4.69) is 10.1 Å². The first-order valence-corrected chi connectivity index (χ1v) is 12.0. The molecule has 156 valence electrons. The van der Waals surface area contributed by atoms with Crippen molar-refractivity contribution in [2.24, 2.45) is 5.92 Å². The molecule has 1 atom stereocenters. The van der Waals surface area contributed by atoms with E-state index in [9.17, 15) is 18.0 Å². The van der Waals surface area contributed by atoms with Crippen LogP contribution in [0.4, 0.5) is 0 Å². The van der Waals surface area contributed by atoms with Gasteiger partial charge >= 0.3 is 0 Å². The summed E-state index contributed by atoms with van der Waals surface area (Å²) >= 11 is 0. The van der Waals surface area contributed by atoms with Crippen LogP contribution in [0.25, 0.3) is 5.65 Å². The number of amides is 1. The molecule has 2 aromatic heterocycles. The standard InChI is InChI=1S/C19H25N5O4S/c1-29(27,28)23-7-2-3-13(10-23)16-9-17-20-15-6-8-22(18(25)12-4-5-12)11-14(15)19(26)24(17)21-16/h9,12-13,21H,2-8,10-11H2,1H3/t13-/m0/s1. The number of aromatic nitrogens is 3. The van der Waals surface area contributed by atoms with E-state index in [1.165, 1.54) is 15.1 Å². The Morgan fingerprint density at radius 1 is 1.24 bits per heavy atom. The van der Waals surface area contributed by atoms with Gasteiger partial charge in [-0.3, -0.25) is 14.7 Å². The molecule has 2 aromatic rings. The topological polar surface area (TPSA) is 108 Å². The lowest BCUT2D eigenvalue weighted by Crippen LogP contribution is -2.41. The van der Waals surface area contributed by atoms with Crippen LogP contribution in [0.2, 0.25) is 0 Å². The maximum Gasteiger partial charge on any atom is 0.277 e. The second-order valence-corrected chi connectivity index (χ2v) is 10.5. The minimum absolute atomic E-state index is 0.00421. The summed E-state index contributed by atoms with van der Waals surface area (Å²) in [6, 6.07) is 1.86. The maximum atomic E-state index is 13.1. The molecule has 4 heterocycles. The zero-order valence-corrected chi connectivity index (χ0v) is 17.2. The highest BCUT2D eigenvalue weighted by atomic mass is 32.2. The number of H-pyrrole nitrogens is 1. The summed E-state index contributed by atoms with van der Waals surface area (Å²) < 4.78 is 26.8. The van der Waals surface area contributed by atoms with E-state index in [0.29, 0.717) is 43.8 Å². The lowest BCUT2D eigenvalue weighted by molar-refractivity contribution is -0.133. The molecule has 1 aliphatic carbocycles. The molecule has 29 heavy (non-hydrogen) atoms. The van der Waals surface area contributed by atoms with E-state index in [1.54, 1.807) is 4.90 Å². The van der Waals surface area contributed by atoms with Gasteiger partial charge in [0.25, 0.3) is 5.56 Å². The van der Waals surface area contributed by atoms with Gasteiger partial charge in [0.1, 0.15) is 0 Å². The van der Waals surface area contributed by atoms with Crippen molar-refractivity contribution in [3.05, 3.63) is 33.4 Å². The highest BCUT2D eigenvalue weighted by Crippen LogP contribution is 2.32. The lowest BCUT2D eigenvalue weighted by atomic mass is 9.96. The van der Waals surface area contributed by atoms with Gasteiger partial charge < -0.3 is 4.90 Å². The molecule has 1 amide bonds. The molecule has 0 radical (unpaired) electrons.